The summed E-state index contributed by atoms with van der Waals surface area (Å²) in [6.45, 7) is 10.1. The molecule has 1 saturated heterocycles. The molecule has 1 fully saturated rings. The SMILES string of the molecule is CCOCC(C)(C)CC(=O)C1CN(c2cc(C)c3c(=O)c(C(=O)O)cn(-c4nccs4)c3n2)C1. The fourth-order valence-electron chi connectivity index (χ4n) is 4.19. The molecule has 10 heteroatoms. The van der Waals surface area contributed by atoms with E-state index >= 15 is 0 Å². The number of ether oxygens (including phenoxy) is 1. The molecule has 0 aliphatic carbocycles. The zero-order valence-corrected chi connectivity index (χ0v) is 20.5. The molecule has 180 valence electrons. The van der Waals surface area contributed by atoms with E-state index in [1.807, 2.05) is 25.7 Å². The van der Waals surface area contributed by atoms with Gasteiger partial charge in [-0.3, -0.25) is 14.2 Å². The number of hydrogen-bond donors (Lipinski definition) is 1. The van der Waals surface area contributed by atoms with Gasteiger partial charge in [0.25, 0.3) is 0 Å². The summed E-state index contributed by atoms with van der Waals surface area (Å²) in [5.74, 6) is -0.508. The van der Waals surface area contributed by atoms with Crippen molar-refractivity contribution in [1.29, 1.82) is 0 Å². The normalized spacial score (nSPS) is 14.4. The van der Waals surface area contributed by atoms with Crippen molar-refractivity contribution < 1.29 is 19.4 Å². The monoisotopic (exact) mass is 484 g/mol. The highest BCUT2D eigenvalue weighted by Crippen LogP contribution is 2.31. The summed E-state index contributed by atoms with van der Waals surface area (Å²) in [6.07, 6.45) is 3.35. The van der Waals surface area contributed by atoms with Gasteiger partial charge in [0.15, 0.2) is 10.8 Å². The molecular formula is C24H28N4O5S. The first-order valence-corrected chi connectivity index (χ1v) is 12.0. The highest BCUT2D eigenvalue weighted by atomic mass is 32.1. The number of aryl methyl sites for hydroxylation is 1. The van der Waals surface area contributed by atoms with E-state index in [-0.39, 0.29) is 28.1 Å². The van der Waals surface area contributed by atoms with Crippen LogP contribution in [0.4, 0.5) is 5.82 Å². The Balaban J connectivity index is 1.63. The number of aromatic nitrogens is 3. The lowest BCUT2D eigenvalue weighted by atomic mass is 9.82. The second kappa shape index (κ2) is 9.27. The molecular weight excluding hydrogens is 456 g/mol. The van der Waals surface area contributed by atoms with Crippen molar-refractivity contribution in [3.05, 3.63) is 45.2 Å². The minimum Gasteiger partial charge on any atom is -0.477 e. The van der Waals surface area contributed by atoms with Gasteiger partial charge in [0.05, 0.1) is 17.9 Å². The van der Waals surface area contributed by atoms with Crippen LogP contribution in [0.2, 0.25) is 0 Å². The van der Waals surface area contributed by atoms with E-state index in [0.29, 0.717) is 54.9 Å². The van der Waals surface area contributed by atoms with Crippen LogP contribution >= 0.6 is 11.3 Å². The molecule has 0 spiro atoms. The minimum atomic E-state index is -1.29. The van der Waals surface area contributed by atoms with Gasteiger partial charge in [-0.1, -0.05) is 13.8 Å². The zero-order valence-electron chi connectivity index (χ0n) is 19.7. The Labute approximate surface area is 201 Å². The van der Waals surface area contributed by atoms with E-state index in [1.165, 1.54) is 17.5 Å². The molecule has 1 N–H and O–H groups in total. The Kier molecular flexibility index (Phi) is 6.55. The first kappa shape index (κ1) is 24.0. The zero-order chi connectivity index (χ0) is 24.6. The fraction of sp³-hybridized carbons (Fsp3) is 0.458. The van der Waals surface area contributed by atoms with Gasteiger partial charge in [-0.25, -0.2) is 14.8 Å². The summed E-state index contributed by atoms with van der Waals surface area (Å²) in [5, 5.41) is 12.1. The molecule has 1 aliphatic heterocycles. The third-order valence-electron chi connectivity index (χ3n) is 6.01. The lowest BCUT2D eigenvalue weighted by Crippen LogP contribution is -2.51. The molecule has 0 amide bonds. The third-order valence-corrected chi connectivity index (χ3v) is 6.78. The number of carbonyl (C=O) groups is 2. The van der Waals surface area contributed by atoms with Crippen molar-refractivity contribution >= 4 is 39.9 Å². The minimum absolute atomic E-state index is 0.0748. The molecule has 0 radical (unpaired) electrons. The van der Waals surface area contributed by atoms with Crippen LogP contribution in [-0.4, -0.2) is 57.7 Å². The molecule has 1 aliphatic rings. The summed E-state index contributed by atoms with van der Waals surface area (Å²) in [4.78, 5) is 48.4. The van der Waals surface area contributed by atoms with Crippen LogP contribution in [0.1, 0.15) is 43.1 Å². The number of anilines is 1. The molecule has 0 unspecified atom stereocenters. The molecule has 4 heterocycles. The van der Waals surface area contributed by atoms with Crippen LogP contribution in [0.25, 0.3) is 16.2 Å². The third kappa shape index (κ3) is 4.60. The van der Waals surface area contributed by atoms with Crippen molar-refractivity contribution in [3.63, 3.8) is 0 Å². The largest absolute Gasteiger partial charge is 0.477 e. The van der Waals surface area contributed by atoms with Gasteiger partial charge in [-0.2, -0.15) is 0 Å². The molecule has 0 bridgehead atoms. The Hall–Kier alpha value is -3.11. The van der Waals surface area contributed by atoms with Crippen molar-refractivity contribution in [2.24, 2.45) is 11.3 Å². The predicted molar refractivity (Wildman–Crippen MR) is 130 cm³/mol. The fourth-order valence-corrected chi connectivity index (χ4v) is 4.80. The van der Waals surface area contributed by atoms with Gasteiger partial charge in [0.1, 0.15) is 17.2 Å². The number of Topliss-reactive ketones (excluding diaryl/α,β-unsaturated/α-hetero) is 1. The number of rotatable bonds is 9. The number of hydrogen-bond acceptors (Lipinski definition) is 8. The quantitative estimate of drug-likeness (QED) is 0.492. The number of ketones is 1. The standard InChI is InChI=1S/C24H28N4O5S/c1-5-33-13-24(3,4)9-17(29)15-10-27(11-15)18-8-14(2)19-20(30)16(22(31)32)12-28(21(19)26-18)23-25-6-7-34-23/h6-8,12,15H,5,9-11,13H2,1-4H3,(H,31,32). The van der Waals surface area contributed by atoms with Crippen LogP contribution in [0, 0.1) is 18.3 Å². The molecule has 34 heavy (non-hydrogen) atoms. The summed E-state index contributed by atoms with van der Waals surface area (Å²) < 4.78 is 7.06. The highest BCUT2D eigenvalue weighted by molar-refractivity contribution is 7.12. The predicted octanol–water partition coefficient (Wildman–Crippen LogP) is 3.31. The van der Waals surface area contributed by atoms with E-state index in [1.54, 1.807) is 29.1 Å². The number of carboxylic acid groups (broad SMARTS) is 1. The Morgan fingerprint density at radius 2 is 2.06 bits per heavy atom. The maximum atomic E-state index is 12.9. The lowest BCUT2D eigenvalue weighted by molar-refractivity contribution is -0.126. The van der Waals surface area contributed by atoms with Gasteiger partial charge in [0, 0.05) is 43.9 Å². The number of carbonyl (C=O) groups excluding carboxylic acids is 1. The highest BCUT2D eigenvalue weighted by Gasteiger charge is 2.36. The number of carboxylic acids is 1. The van der Waals surface area contributed by atoms with Crippen LogP contribution in [0.5, 0.6) is 0 Å². The topological polar surface area (TPSA) is 115 Å². The lowest BCUT2D eigenvalue weighted by Gasteiger charge is -2.40. The van der Waals surface area contributed by atoms with Crippen molar-refractivity contribution in [3.8, 4) is 5.13 Å². The van der Waals surface area contributed by atoms with Gasteiger partial charge < -0.3 is 14.7 Å². The van der Waals surface area contributed by atoms with Gasteiger partial charge in [-0.15, -0.1) is 11.3 Å². The molecule has 4 rings (SSSR count). The summed E-state index contributed by atoms with van der Waals surface area (Å²) in [6, 6.07) is 1.78. The smallest absolute Gasteiger partial charge is 0.341 e. The molecule has 9 nitrogen and oxygen atoms in total. The van der Waals surface area contributed by atoms with E-state index in [2.05, 4.69) is 4.98 Å². The van der Waals surface area contributed by atoms with E-state index in [0.717, 1.165) is 0 Å². The second-order valence-electron chi connectivity index (χ2n) is 9.40. The molecule has 3 aromatic heterocycles. The van der Waals surface area contributed by atoms with Gasteiger partial charge in [0.2, 0.25) is 5.43 Å². The Morgan fingerprint density at radius 3 is 2.68 bits per heavy atom. The Bertz CT molecular complexity index is 1290. The van der Waals surface area contributed by atoms with E-state index in [9.17, 15) is 19.5 Å². The molecule has 3 aromatic rings. The van der Waals surface area contributed by atoms with Gasteiger partial charge in [-0.05, 0) is 30.9 Å². The number of pyridine rings is 2. The molecule has 0 atom stereocenters. The second-order valence-corrected chi connectivity index (χ2v) is 10.3. The maximum absolute atomic E-state index is 12.9. The molecule has 0 saturated carbocycles. The van der Waals surface area contributed by atoms with Crippen molar-refractivity contribution in [1.82, 2.24) is 14.5 Å². The van der Waals surface area contributed by atoms with Crippen molar-refractivity contribution in [2.75, 3.05) is 31.2 Å². The number of nitrogens with zero attached hydrogens (tertiary/aromatic N) is 4. The van der Waals surface area contributed by atoms with E-state index in [4.69, 9.17) is 9.72 Å². The van der Waals surface area contributed by atoms with E-state index < -0.39 is 11.4 Å². The first-order valence-electron chi connectivity index (χ1n) is 11.2. The Morgan fingerprint density at radius 1 is 1.32 bits per heavy atom. The maximum Gasteiger partial charge on any atom is 0.341 e. The number of fused-ring (bicyclic) bond motifs is 1. The van der Waals surface area contributed by atoms with Crippen LogP contribution < -0.4 is 10.3 Å². The van der Waals surface area contributed by atoms with Crippen LogP contribution in [0.3, 0.4) is 0 Å². The average molecular weight is 485 g/mol. The summed E-state index contributed by atoms with van der Waals surface area (Å²) in [7, 11) is 0. The average Bonchev–Trinajstić information content (AvgIpc) is 3.25. The number of aromatic carboxylic acids is 1. The molecule has 0 aromatic carbocycles. The first-order chi connectivity index (χ1) is 16.1. The van der Waals surface area contributed by atoms with Gasteiger partial charge >= 0.3 is 5.97 Å². The van der Waals surface area contributed by atoms with Crippen molar-refractivity contribution in [2.45, 2.75) is 34.1 Å². The van der Waals surface area contributed by atoms with Crippen LogP contribution in [-0.2, 0) is 9.53 Å². The summed E-state index contributed by atoms with van der Waals surface area (Å²) in [5.41, 5.74) is -0.125. The van der Waals surface area contributed by atoms with Crippen LogP contribution in [0.15, 0.2) is 28.6 Å². The number of thiazole rings is 1. The summed E-state index contributed by atoms with van der Waals surface area (Å²) >= 11 is 1.32.